The average Bonchev–Trinajstić information content (AvgIpc) is 3.72. The molecule has 0 saturated carbocycles. The van der Waals surface area contributed by atoms with Gasteiger partial charge < -0.3 is 36.8 Å². The van der Waals surface area contributed by atoms with Crippen LogP contribution in [-0.2, 0) is 45.1 Å². The lowest BCUT2D eigenvalue weighted by molar-refractivity contribution is -0.151. The lowest BCUT2D eigenvalue weighted by Crippen LogP contribution is -2.59. The highest BCUT2D eigenvalue weighted by atomic mass is 19.1. The van der Waals surface area contributed by atoms with Crippen LogP contribution >= 0.6 is 0 Å². The first kappa shape index (κ1) is 48.0. The van der Waals surface area contributed by atoms with Crippen molar-refractivity contribution in [3.05, 3.63) is 142 Å². The number of rotatable bonds is 11. The summed E-state index contributed by atoms with van der Waals surface area (Å²) < 4.78 is 15.5. The smallest absolute Gasteiger partial charge is 0.251 e. The van der Waals surface area contributed by atoms with Crippen LogP contribution in [0.4, 0.5) is 4.39 Å². The van der Waals surface area contributed by atoms with Gasteiger partial charge in [-0.2, -0.15) is 0 Å². The van der Waals surface area contributed by atoms with Gasteiger partial charge in [-0.05, 0) is 89.5 Å². The van der Waals surface area contributed by atoms with Crippen molar-refractivity contribution in [3.8, 4) is 0 Å². The molecule has 0 unspecified atom stereocenters. The summed E-state index contributed by atoms with van der Waals surface area (Å²) in [5.41, 5.74) is 17.4. The van der Waals surface area contributed by atoms with Crippen molar-refractivity contribution in [1.82, 2.24) is 25.3 Å². The first-order valence-corrected chi connectivity index (χ1v) is 23.2. The third kappa shape index (κ3) is 10.4. The summed E-state index contributed by atoms with van der Waals surface area (Å²) in [4.78, 5) is 75.8. The molecule has 350 valence electrons. The Morgan fingerprint density at radius 2 is 1.33 bits per heavy atom. The molecule has 66 heavy (non-hydrogen) atoms. The van der Waals surface area contributed by atoms with Gasteiger partial charge in [0, 0.05) is 43.2 Å². The summed E-state index contributed by atoms with van der Waals surface area (Å²) in [6.45, 7) is 13.5. The zero-order chi connectivity index (χ0) is 47.7. The van der Waals surface area contributed by atoms with Gasteiger partial charge in [-0.25, -0.2) is 4.39 Å². The maximum Gasteiger partial charge on any atom is 0.251 e. The Balaban J connectivity index is 1.11. The second kappa shape index (κ2) is 19.5. The molecule has 0 aromatic heterocycles. The van der Waals surface area contributed by atoms with Gasteiger partial charge in [0.05, 0.1) is 24.2 Å². The Labute approximate surface area is 388 Å². The minimum Gasteiger partial charge on any atom is -0.347 e. The number of fused-ring (bicyclic) bond motifs is 2. The molecule has 1 saturated heterocycles. The Hall–Kier alpha value is -5.92. The van der Waals surface area contributed by atoms with E-state index in [-0.39, 0.29) is 68.1 Å². The lowest BCUT2D eigenvalue weighted by Gasteiger charge is -2.42. The summed E-state index contributed by atoms with van der Waals surface area (Å²) in [7, 11) is 0. The predicted molar refractivity (Wildman–Crippen MR) is 253 cm³/mol. The maximum absolute atomic E-state index is 15.5. The number of likely N-dealkylation sites (tertiary alicyclic amines) is 1. The van der Waals surface area contributed by atoms with Crippen LogP contribution in [0, 0.1) is 16.6 Å². The second-order valence-corrected chi connectivity index (χ2v) is 20.6. The molecular formula is C53H66FN7O5. The minimum atomic E-state index is -0.903. The molecular weight excluding hydrogens is 834 g/mol. The molecule has 7 atom stereocenters. The summed E-state index contributed by atoms with van der Waals surface area (Å²) in [6.07, 6.45) is 3.14. The van der Waals surface area contributed by atoms with E-state index < -0.39 is 52.9 Å². The molecule has 2 aliphatic heterocycles. The van der Waals surface area contributed by atoms with Crippen LogP contribution in [0.5, 0.6) is 0 Å². The van der Waals surface area contributed by atoms with Crippen LogP contribution in [0.15, 0.2) is 97.1 Å². The first-order valence-electron chi connectivity index (χ1n) is 23.2. The zero-order valence-electron chi connectivity index (χ0n) is 39.4. The first-order chi connectivity index (χ1) is 31.2. The molecule has 0 radical (unpaired) electrons. The van der Waals surface area contributed by atoms with E-state index in [0.29, 0.717) is 16.7 Å². The highest BCUT2D eigenvalue weighted by Crippen LogP contribution is 2.34. The van der Waals surface area contributed by atoms with Gasteiger partial charge in [0.1, 0.15) is 17.9 Å². The third-order valence-electron chi connectivity index (χ3n) is 13.8. The summed E-state index contributed by atoms with van der Waals surface area (Å²) in [5, 5.41) is 6.28. The average molecular weight is 900 g/mol. The van der Waals surface area contributed by atoms with E-state index in [0.717, 1.165) is 36.0 Å². The van der Waals surface area contributed by atoms with Gasteiger partial charge in [-0.3, -0.25) is 24.0 Å². The molecule has 5 amide bonds. The van der Waals surface area contributed by atoms with E-state index in [1.54, 1.807) is 59.2 Å². The topological polar surface area (TPSA) is 171 Å². The molecule has 0 spiro atoms. The number of carbonyl (C=O) groups excluding carboxylic acids is 5. The van der Waals surface area contributed by atoms with Crippen LogP contribution in [0.25, 0.3) is 0 Å². The Bertz CT molecular complexity index is 2440. The Morgan fingerprint density at radius 1 is 0.742 bits per heavy atom. The number of halogens is 1. The van der Waals surface area contributed by atoms with E-state index >= 15 is 9.18 Å². The van der Waals surface area contributed by atoms with Crippen LogP contribution in [0.3, 0.4) is 0 Å². The Kier molecular flexibility index (Phi) is 14.2. The highest BCUT2D eigenvalue weighted by Gasteiger charge is 2.45. The maximum atomic E-state index is 15.5. The van der Waals surface area contributed by atoms with E-state index in [1.807, 2.05) is 84.0 Å². The second-order valence-electron chi connectivity index (χ2n) is 20.6. The number of benzene rings is 4. The van der Waals surface area contributed by atoms with Gasteiger partial charge in [-0.1, -0.05) is 120 Å². The lowest BCUT2D eigenvalue weighted by atomic mass is 9.84. The van der Waals surface area contributed by atoms with Gasteiger partial charge >= 0.3 is 0 Å². The van der Waals surface area contributed by atoms with Gasteiger partial charge in [-0.15, -0.1) is 0 Å². The molecule has 0 bridgehead atoms. The molecule has 1 aliphatic carbocycles. The molecule has 13 heteroatoms. The number of nitrogens with one attached hydrogen (secondary N) is 2. The van der Waals surface area contributed by atoms with Crippen molar-refractivity contribution in [2.45, 2.75) is 136 Å². The summed E-state index contributed by atoms with van der Waals surface area (Å²) in [5.74, 6) is -2.17. The predicted octanol–water partition coefficient (Wildman–Crippen LogP) is 6.51. The molecule has 3 aliphatic rings. The number of nitrogens with two attached hydrogens (primary N) is 2. The molecule has 2 heterocycles. The van der Waals surface area contributed by atoms with Crippen molar-refractivity contribution in [3.63, 3.8) is 0 Å². The minimum absolute atomic E-state index is 0.0533. The largest absolute Gasteiger partial charge is 0.347 e. The van der Waals surface area contributed by atoms with Crippen molar-refractivity contribution in [2.75, 3.05) is 6.54 Å². The number of amides is 5. The van der Waals surface area contributed by atoms with E-state index in [2.05, 4.69) is 16.7 Å². The van der Waals surface area contributed by atoms with Gasteiger partial charge in [0.2, 0.25) is 23.6 Å². The monoisotopic (exact) mass is 900 g/mol. The van der Waals surface area contributed by atoms with E-state index in [4.69, 9.17) is 11.5 Å². The summed E-state index contributed by atoms with van der Waals surface area (Å²) in [6, 6.07) is 24.1. The van der Waals surface area contributed by atoms with Crippen molar-refractivity contribution < 1.29 is 28.4 Å². The number of hydrogen-bond acceptors (Lipinski definition) is 7. The summed E-state index contributed by atoms with van der Waals surface area (Å²) >= 11 is 0. The molecule has 7 rings (SSSR count). The number of carbonyl (C=O) groups is 5. The Morgan fingerprint density at radius 3 is 1.98 bits per heavy atom. The van der Waals surface area contributed by atoms with Gasteiger partial charge in [0.25, 0.3) is 5.91 Å². The van der Waals surface area contributed by atoms with E-state index in [9.17, 15) is 19.2 Å². The number of nitrogens with zero attached hydrogens (tertiary/aromatic N) is 3. The van der Waals surface area contributed by atoms with Crippen LogP contribution in [0.1, 0.15) is 124 Å². The molecule has 12 nitrogen and oxygen atoms in total. The number of hydrogen-bond donors (Lipinski definition) is 4. The van der Waals surface area contributed by atoms with Crippen molar-refractivity contribution >= 4 is 29.5 Å². The van der Waals surface area contributed by atoms with Crippen LogP contribution < -0.4 is 22.1 Å². The third-order valence-corrected chi connectivity index (χ3v) is 13.8. The standard InChI is InChI=1S/C53H66FN7O5/c1-32(39-19-12-13-21-41(39)54)59(49(64)44-27-36-16-8-9-17-37(36)30-60(44)50(65)45(55)52(2,3)4)29-33-23-25-35(26-24-33)47(62)57-38-28-43(61(31-38)51(66)46(56)53(5,6)7)48(63)58-42-22-14-18-34-15-10-11-20-40(34)42/h8-13,15-17,19-21,23-26,32,38,42-46H,14,18,22,27-31,55-56H2,1-7H3,(H,57,62)(H,58,63)/t32-,38+,42-,43+,44+,45-,46+/m1/s1. The van der Waals surface area contributed by atoms with Crippen molar-refractivity contribution in [1.29, 1.82) is 0 Å². The number of aryl methyl sites for hydroxylation is 1. The quantitative estimate of drug-likeness (QED) is 0.133. The normalized spacial score (nSPS) is 20.9. The van der Waals surface area contributed by atoms with Crippen LogP contribution in [0.2, 0.25) is 0 Å². The molecule has 1 fully saturated rings. The molecule has 4 aromatic rings. The fourth-order valence-electron chi connectivity index (χ4n) is 9.48. The molecule has 4 aromatic carbocycles. The highest BCUT2D eigenvalue weighted by molar-refractivity contribution is 5.95. The zero-order valence-corrected chi connectivity index (χ0v) is 39.4. The fraction of sp³-hybridized carbons (Fsp3) is 0.453. The molecule has 6 N–H and O–H groups in total. The van der Waals surface area contributed by atoms with Crippen molar-refractivity contribution in [2.24, 2.45) is 22.3 Å². The van der Waals surface area contributed by atoms with Gasteiger partial charge in [0.15, 0.2) is 0 Å². The van der Waals surface area contributed by atoms with E-state index in [1.165, 1.54) is 16.5 Å². The van der Waals surface area contributed by atoms with Crippen LogP contribution in [-0.4, -0.2) is 81.0 Å². The SMILES string of the molecule is C[C@H](c1ccccc1F)N(Cc1ccc(C(=O)N[C@H]2C[C@@H](C(=O)N[C@@H]3CCCc4ccccc43)N(C(=O)[C@H](N)C(C)(C)C)C2)cc1)C(=O)[C@@H]1Cc2ccccc2CN1C(=O)[C@@H](N)C(C)(C)C. The fourth-order valence-corrected chi connectivity index (χ4v) is 9.48.